The molecule has 1 atom stereocenters. The number of carbonyl (C=O) groups excluding carboxylic acids is 1. The molecule has 1 fully saturated rings. The van der Waals surface area contributed by atoms with Gasteiger partial charge in [0.25, 0.3) is 5.56 Å². The Labute approximate surface area is 183 Å². The van der Waals surface area contributed by atoms with Gasteiger partial charge in [0.15, 0.2) is 0 Å². The molecular formula is C25H32N2O4. The van der Waals surface area contributed by atoms with E-state index in [1.807, 2.05) is 37.3 Å². The summed E-state index contributed by atoms with van der Waals surface area (Å²) in [5.74, 6) is -1.23. The second kappa shape index (κ2) is 10.4. The molecule has 6 nitrogen and oxygen atoms in total. The highest BCUT2D eigenvalue weighted by Crippen LogP contribution is 2.44. The smallest absolute Gasteiger partial charge is 0.306 e. The second-order valence-corrected chi connectivity index (χ2v) is 8.67. The summed E-state index contributed by atoms with van der Waals surface area (Å²) in [6, 6.07) is 12.8. The van der Waals surface area contributed by atoms with Gasteiger partial charge < -0.3 is 15.0 Å². The van der Waals surface area contributed by atoms with Crippen LogP contribution in [0, 0.1) is 11.3 Å². The monoisotopic (exact) mass is 424 g/mol. The molecule has 1 heterocycles. The predicted octanol–water partition coefficient (Wildman–Crippen LogP) is 4.68. The Hall–Kier alpha value is -2.89. The first-order valence-corrected chi connectivity index (χ1v) is 11.2. The molecule has 6 heteroatoms. The fourth-order valence-electron chi connectivity index (χ4n) is 4.61. The zero-order chi connectivity index (χ0) is 22.3. The standard InChI is InChI=1S/C25H32N2O4/c1-2-8-20(23(29)30)13-16-25(14-6-7-15-25)24(31)26-21-11-12-22(28)27(18-21)17-19-9-4-3-5-10-19/h3-5,9-12,18,20H,2,6-8,13-17H2,1H3,(H,26,31)(H,29,30). The van der Waals surface area contributed by atoms with E-state index in [2.05, 4.69) is 5.32 Å². The minimum absolute atomic E-state index is 0.0597. The maximum absolute atomic E-state index is 13.3. The number of benzene rings is 1. The first-order valence-electron chi connectivity index (χ1n) is 11.2. The maximum atomic E-state index is 13.3. The Morgan fingerprint density at radius 2 is 1.81 bits per heavy atom. The van der Waals surface area contributed by atoms with Gasteiger partial charge in [-0.2, -0.15) is 0 Å². The quantitative estimate of drug-likeness (QED) is 0.580. The molecule has 0 radical (unpaired) electrons. The molecule has 1 unspecified atom stereocenters. The van der Waals surface area contributed by atoms with Crippen LogP contribution in [0.15, 0.2) is 53.5 Å². The lowest BCUT2D eigenvalue weighted by Gasteiger charge is -2.29. The molecule has 1 aliphatic carbocycles. The Morgan fingerprint density at radius 3 is 2.45 bits per heavy atom. The van der Waals surface area contributed by atoms with E-state index < -0.39 is 17.3 Å². The molecule has 1 saturated carbocycles. The van der Waals surface area contributed by atoms with Crippen LogP contribution >= 0.6 is 0 Å². The van der Waals surface area contributed by atoms with Crippen LogP contribution in [0.3, 0.4) is 0 Å². The van der Waals surface area contributed by atoms with Crippen LogP contribution in [-0.4, -0.2) is 21.6 Å². The average molecular weight is 425 g/mol. The van der Waals surface area contributed by atoms with Crippen LogP contribution in [-0.2, 0) is 16.1 Å². The number of carboxylic acids is 1. The third-order valence-electron chi connectivity index (χ3n) is 6.44. The number of carboxylic acid groups (broad SMARTS) is 1. The number of nitrogens with zero attached hydrogens (tertiary/aromatic N) is 1. The van der Waals surface area contributed by atoms with Crippen molar-refractivity contribution < 1.29 is 14.7 Å². The van der Waals surface area contributed by atoms with Crippen LogP contribution < -0.4 is 10.9 Å². The van der Waals surface area contributed by atoms with Crippen molar-refractivity contribution in [2.75, 3.05) is 5.32 Å². The third kappa shape index (κ3) is 5.84. The average Bonchev–Trinajstić information content (AvgIpc) is 3.24. The summed E-state index contributed by atoms with van der Waals surface area (Å²) in [5, 5.41) is 12.5. The first-order chi connectivity index (χ1) is 14.9. The normalized spacial score (nSPS) is 16.0. The molecule has 31 heavy (non-hydrogen) atoms. The summed E-state index contributed by atoms with van der Waals surface area (Å²) in [5.41, 5.74) is 0.953. The maximum Gasteiger partial charge on any atom is 0.306 e. The van der Waals surface area contributed by atoms with Gasteiger partial charge in [-0.25, -0.2) is 0 Å². The summed E-state index contributed by atoms with van der Waals surface area (Å²) in [4.78, 5) is 37.1. The van der Waals surface area contributed by atoms with Gasteiger partial charge in [-0.3, -0.25) is 14.4 Å². The zero-order valence-corrected chi connectivity index (χ0v) is 18.2. The molecule has 0 spiro atoms. The lowest BCUT2D eigenvalue weighted by Crippen LogP contribution is -2.35. The lowest BCUT2D eigenvalue weighted by molar-refractivity contribution is -0.143. The fourth-order valence-corrected chi connectivity index (χ4v) is 4.61. The van der Waals surface area contributed by atoms with E-state index in [-0.39, 0.29) is 11.5 Å². The van der Waals surface area contributed by atoms with Crippen LogP contribution in [0.4, 0.5) is 5.69 Å². The molecule has 1 aliphatic rings. The molecule has 0 saturated heterocycles. The van der Waals surface area contributed by atoms with Crippen molar-refractivity contribution in [3.63, 3.8) is 0 Å². The highest BCUT2D eigenvalue weighted by molar-refractivity contribution is 5.95. The van der Waals surface area contributed by atoms with E-state index in [0.29, 0.717) is 31.5 Å². The van der Waals surface area contributed by atoms with Crippen molar-refractivity contribution in [1.82, 2.24) is 4.57 Å². The zero-order valence-electron chi connectivity index (χ0n) is 18.2. The second-order valence-electron chi connectivity index (χ2n) is 8.67. The number of aliphatic carboxylic acids is 1. The largest absolute Gasteiger partial charge is 0.481 e. The Balaban J connectivity index is 1.73. The Bertz CT molecular complexity index is 945. The highest BCUT2D eigenvalue weighted by Gasteiger charge is 2.41. The molecule has 1 aromatic carbocycles. The van der Waals surface area contributed by atoms with Crippen molar-refractivity contribution in [3.8, 4) is 0 Å². The molecular weight excluding hydrogens is 392 g/mol. The van der Waals surface area contributed by atoms with Gasteiger partial charge in [0.2, 0.25) is 5.91 Å². The number of rotatable bonds is 10. The number of carbonyl (C=O) groups is 2. The van der Waals surface area contributed by atoms with Gasteiger partial charge in [-0.15, -0.1) is 0 Å². The number of aromatic nitrogens is 1. The molecule has 0 bridgehead atoms. The lowest BCUT2D eigenvalue weighted by atomic mass is 9.78. The highest BCUT2D eigenvalue weighted by atomic mass is 16.4. The van der Waals surface area contributed by atoms with E-state index in [9.17, 15) is 19.5 Å². The molecule has 3 rings (SSSR count). The number of amides is 1. The molecule has 166 valence electrons. The van der Waals surface area contributed by atoms with Crippen molar-refractivity contribution >= 4 is 17.6 Å². The van der Waals surface area contributed by atoms with Gasteiger partial charge in [-0.05, 0) is 43.7 Å². The van der Waals surface area contributed by atoms with E-state index in [1.165, 1.54) is 6.07 Å². The summed E-state index contributed by atoms with van der Waals surface area (Å²) in [7, 11) is 0. The van der Waals surface area contributed by atoms with Gasteiger partial charge in [0, 0.05) is 17.7 Å². The van der Waals surface area contributed by atoms with Crippen LogP contribution in [0.25, 0.3) is 0 Å². The SMILES string of the molecule is CCCC(CCC1(C(=O)Nc2ccc(=O)n(Cc3ccccc3)c2)CCCC1)C(=O)O. The number of pyridine rings is 1. The minimum Gasteiger partial charge on any atom is -0.481 e. The van der Waals surface area contributed by atoms with Crippen LogP contribution in [0.1, 0.15) is 63.9 Å². The van der Waals surface area contributed by atoms with Gasteiger partial charge >= 0.3 is 5.97 Å². The summed E-state index contributed by atoms with van der Waals surface area (Å²) < 4.78 is 1.59. The van der Waals surface area contributed by atoms with E-state index >= 15 is 0 Å². The minimum atomic E-state index is -0.775. The topological polar surface area (TPSA) is 88.4 Å². The predicted molar refractivity (Wildman–Crippen MR) is 121 cm³/mol. The van der Waals surface area contributed by atoms with Crippen molar-refractivity contribution in [3.05, 3.63) is 64.6 Å². The number of hydrogen-bond donors (Lipinski definition) is 2. The first kappa shape index (κ1) is 22.8. The van der Waals surface area contributed by atoms with E-state index in [1.54, 1.807) is 16.8 Å². The number of hydrogen-bond acceptors (Lipinski definition) is 3. The van der Waals surface area contributed by atoms with Crippen molar-refractivity contribution in [2.45, 2.75) is 64.8 Å². The summed E-state index contributed by atoms with van der Waals surface area (Å²) in [6.07, 6.45) is 7.76. The molecule has 1 aromatic heterocycles. The fraction of sp³-hybridized carbons (Fsp3) is 0.480. The van der Waals surface area contributed by atoms with Gasteiger partial charge in [0.1, 0.15) is 0 Å². The van der Waals surface area contributed by atoms with Gasteiger partial charge in [0.05, 0.1) is 18.2 Å². The summed E-state index contributed by atoms with van der Waals surface area (Å²) in [6.45, 7) is 2.42. The van der Waals surface area contributed by atoms with Crippen LogP contribution in [0.2, 0.25) is 0 Å². The molecule has 2 aromatic rings. The van der Waals surface area contributed by atoms with Crippen molar-refractivity contribution in [1.29, 1.82) is 0 Å². The Morgan fingerprint density at radius 1 is 1.10 bits per heavy atom. The van der Waals surface area contributed by atoms with Gasteiger partial charge in [-0.1, -0.05) is 56.5 Å². The number of nitrogens with one attached hydrogen (secondary N) is 1. The number of anilines is 1. The van der Waals surface area contributed by atoms with E-state index in [4.69, 9.17) is 0 Å². The molecule has 2 N–H and O–H groups in total. The molecule has 0 aliphatic heterocycles. The Kier molecular flexibility index (Phi) is 7.66. The molecule has 1 amide bonds. The van der Waals surface area contributed by atoms with E-state index in [0.717, 1.165) is 37.7 Å². The van der Waals surface area contributed by atoms with Crippen molar-refractivity contribution in [2.24, 2.45) is 11.3 Å². The summed E-state index contributed by atoms with van der Waals surface area (Å²) >= 11 is 0. The van der Waals surface area contributed by atoms with Crippen LogP contribution in [0.5, 0.6) is 0 Å². The third-order valence-corrected chi connectivity index (χ3v) is 6.44.